The maximum Gasteiger partial charge on any atom is 0.227 e. The molecule has 0 bridgehead atoms. The van der Waals surface area contributed by atoms with Crippen LogP contribution in [0.5, 0.6) is 0 Å². The van der Waals surface area contributed by atoms with Gasteiger partial charge in [-0.3, -0.25) is 0 Å². The maximum atomic E-state index is 6.52. The molecule has 0 saturated carbocycles. The highest BCUT2D eigenvalue weighted by Crippen LogP contribution is 2.43. The Morgan fingerprint density at radius 1 is 0.568 bits per heavy atom. The van der Waals surface area contributed by atoms with Crippen LogP contribution < -0.4 is 10.1 Å². The molecule has 8 aromatic rings. The molecule has 0 radical (unpaired) electrons. The molecule has 1 heterocycles. The molecule has 0 fully saturated rings. The predicted octanol–water partition coefficient (Wildman–Crippen LogP) is 11.0. The van der Waals surface area contributed by atoms with E-state index in [9.17, 15) is 0 Å². The summed E-state index contributed by atoms with van der Waals surface area (Å²) in [5, 5.41) is 8.43. The largest absolute Gasteiger partial charge is 0.435 e. The van der Waals surface area contributed by atoms with Crippen molar-refractivity contribution >= 4 is 73.7 Å². The number of hydrogen-bond donors (Lipinski definition) is 0. The van der Waals surface area contributed by atoms with Crippen LogP contribution in [0.15, 0.2) is 144 Å². The van der Waals surface area contributed by atoms with E-state index in [-0.39, 0.29) is 0 Å². The van der Waals surface area contributed by atoms with Gasteiger partial charge < -0.3 is 9.32 Å². The van der Waals surface area contributed by atoms with Crippen LogP contribution in [0.25, 0.3) is 54.9 Å². The van der Waals surface area contributed by atoms with Gasteiger partial charge in [0.1, 0.15) is 5.52 Å². The van der Waals surface area contributed by atoms with E-state index in [2.05, 4.69) is 134 Å². The van der Waals surface area contributed by atoms with E-state index in [1.165, 1.54) is 16.0 Å². The van der Waals surface area contributed by atoms with Gasteiger partial charge in [-0.25, -0.2) is 4.98 Å². The number of aromatic nitrogens is 1. The monoisotopic (exact) mass is 584 g/mol. The fourth-order valence-corrected chi connectivity index (χ4v) is 7.46. The minimum atomic E-state index is -1.44. The van der Waals surface area contributed by atoms with Gasteiger partial charge in [0, 0.05) is 27.7 Å². The van der Waals surface area contributed by atoms with Crippen molar-refractivity contribution in [2.24, 2.45) is 0 Å². The Kier molecular flexibility index (Phi) is 6.14. The second kappa shape index (κ2) is 10.2. The van der Waals surface area contributed by atoms with Crippen LogP contribution >= 0.6 is 0 Å². The Balaban J connectivity index is 1.38. The first-order valence-electron chi connectivity index (χ1n) is 15.1. The molecule has 0 aliphatic carbocycles. The highest BCUT2D eigenvalue weighted by molar-refractivity contribution is 6.88. The normalized spacial score (nSPS) is 12.0. The van der Waals surface area contributed by atoms with Crippen molar-refractivity contribution in [1.82, 2.24) is 4.98 Å². The summed E-state index contributed by atoms with van der Waals surface area (Å²) in [6, 6.07) is 49.9. The van der Waals surface area contributed by atoms with Crippen LogP contribution in [0.4, 0.5) is 17.1 Å². The number of benzene rings is 7. The van der Waals surface area contributed by atoms with Crippen LogP contribution in [0.1, 0.15) is 0 Å². The number of oxazole rings is 1. The molecule has 0 unspecified atom stereocenters. The van der Waals surface area contributed by atoms with Crippen molar-refractivity contribution < 1.29 is 4.42 Å². The fourth-order valence-electron chi connectivity index (χ4n) is 6.30. The van der Waals surface area contributed by atoms with E-state index in [0.717, 1.165) is 55.3 Å². The van der Waals surface area contributed by atoms with Gasteiger partial charge in [-0.15, -0.1) is 0 Å². The summed E-state index contributed by atoms with van der Waals surface area (Å²) in [7, 11) is -1.44. The molecule has 7 aromatic carbocycles. The first kappa shape index (κ1) is 26.4. The first-order valence-corrected chi connectivity index (χ1v) is 18.6. The molecule has 1 aromatic heterocycles. The van der Waals surface area contributed by atoms with Gasteiger partial charge in [0.25, 0.3) is 0 Å². The lowest BCUT2D eigenvalue weighted by Crippen LogP contribution is -2.37. The van der Waals surface area contributed by atoms with E-state index in [0.29, 0.717) is 5.89 Å². The molecule has 0 spiro atoms. The molecule has 8 rings (SSSR count). The van der Waals surface area contributed by atoms with Crippen molar-refractivity contribution in [1.29, 1.82) is 0 Å². The fraction of sp³-hybridized carbons (Fsp3) is 0.0750. The van der Waals surface area contributed by atoms with Crippen molar-refractivity contribution in [3.8, 4) is 11.5 Å². The number of fused-ring (bicyclic) bond motifs is 6. The predicted molar refractivity (Wildman–Crippen MR) is 190 cm³/mol. The maximum absolute atomic E-state index is 6.52. The smallest absolute Gasteiger partial charge is 0.227 e. The Hall–Kier alpha value is -5.19. The SMILES string of the molecule is C[Si](C)(C)c1ccc(N(c2ccc3ccccc3c2)c2cccc3c2ccc2ccc4nc(-c5ccccc5)oc4c23)cc1. The van der Waals surface area contributed by atoms with Gasteiger partial charge in [0.15, 0.2) is 5.58 Å². The van der Waals surface area contributed by atoms with Gasteiger partial charge in [-0.05, 0) is 70.1 Å². The van der Waals surface area contributed by atoms with Gasteiger partial charge in [0.05, 0.1) is 13.8 Å². The molecule has 0 aliphatic heterocycles. The molecule has 0 atom stereocenters. The molecule has 44 heavy (non-hydrogen) atoms. The van der Waals surface area contributed by atoms with E-state index in [1.807, 2.05) is 30.3 Å². The molecule has 0 amide bonds. The van der Waals surface area contributed by atoms with Crippen LogP contribution in [0.3, 0.4) is 0 Å². The molecular formula is C40H32N2OSi. The minimum Gasteiger partial charge on any atom is -0.435 e. The first-order chi connectivity index (χ1) is 21.4. The third-order valence-electron chi connectivity index (χ3n) is 8.62. The standard InChI is InChI=1S/C40H32N2OSi/c1-44(2,3)33-22-20-31(21-23-33)42(32-19-16-27-10-7-8-13-30(27)26-32)37-15-9-14-35-34(37)24-17-28-18-25-36-39(38(28)35)43-40(41-36)29-11-5-4-6-12-29/h4-26H,1-3H3. The lowest BCUT2D eigenvalue weighted by Gasteiger charge is -2.28. The molecule has 0 saturated heterocycles. The lowest BCUT2D eigenvalue weighted by molar-refractivity contribution is 0.623. The Labute approximate surface area is 258 Å². The quantitative estimate of drug-likeness (QED) is 0.149. The summed E-state index contributed by atoms with van der Waals surface area (Å²) in [4.78, 5) is 7.27. The third kappa shape index (κ3) is 4.46. The zero-order valence-electron chi connectivity index (χ0n) is 25.1. The summed E-state index contributed by atoms with van der Waals surface area (Å²) in [5.74, 6) is 0.640. The molecule has 212 valence electrons. The van der Waals surface area contributed by atoms with Crippen molar-refractivity contribution in [2.45, 2.75) is 19.6 Å². The van der Waals surface area contributed by atoms with Crippen LogP contribution in [-0.4, -0.2) is 13.1 Å². The highest BCUT2D eigenvalue weighted by atomic mass is 28.3. The van der Waals surface area contributed by atoms with E-state index in [4.69, 9.17) is 9.40 Å². The molecule has 3 nitrogen and oxygen atoms in total. The van der Waals surface area contributed by atoms with Crippen molar-refractivity contribution in [3.63, 3.8) is 0 Å². The highest BCUT2D eigenvalue weighted by Gasteiger charge is 2.21. The average molecular weight is 585 g/mol. The molecular weight excluding hydrogens is 553 g/mol. The summed E-state index contributed by atoms with van der Waals surface area (Å²) in [6.07, 6.45) is 0. The van der Waals surface area contributed by atoms with Crippen molar-refractivity contribution in [2.75, 3.05) is 4.90 Å². The van der Waals surface area contributed by atoms with Crippen LogP contribution in [0, 0.1) is 0 Å². The molecule has 0 aliphatic rings. The third-order valence-corrected chi connectivity index (χ3v) is 10.7. The number of hydrogen-bond acceptors (Lipinski definition) is 3. The zero-order chi connectivity index (χ0) is 29.8. The summed E-state index contributed by atoms with van der Waals surface area (Å²) < 4.78 is 6.52. The molecule has 4 heteroatoms. The summed E-state index contributed by atoms with van der Waals surface area (Å²) in [5.41, 5.74) is 6.05. The van der Waals surface area contributed by atoms with E-state index in [1.54, 1.807) is 0 Å². The summed E-state index contributed by atoms with van der Waals surface area (Å²) >= 11 is 0. The van der Waals surface area contributed by atoms with Crippen LogP contribution in [-0.2, 0) is 0 Å². The van der Waals surface area contributed by atoms with Gasteiger partial charge >= 0.3 is 0 Å². The molecule has 0 N–H and O–H groups in total. The topological polar surface area (TPSA) is 29.3 Å². The van der Waals surface area contributed by atoms with Gasteiger partial charge in [-0.1, -0.05) is 116 Å². The zero-order valence-corrected chi connectivity index (χ0v) is 26.1. The van der Waals surface area contributed by atoms with E-state index < -0.39 is 8.07 Å². The Morgan fingerprint density at radius 3 is 2.07 bits per heavy atom. The van der Waals surface area contributed by atoms with Crippen LogP contribution in [0.2, 0.25) is 19.6 Å². The minimum absolute atomic E-state index is 0.640. The van der Waals surface area contributed by atoms with Gasteiger partial charge in [-0.2, -0.15) is 0 Å². The lowest BCUT2D eigenvalue weighted by atomic mass is 9.99. The van der Waals surface area contributed by atoms with E-state index >= 15 is 0 Å². The number of nitrogens with zero attached hydrogens (tertiary/aromatic N) is 2. The van der Waals surface area contributed by atoms with Crippen molar-refractivity contribution in [3.05, 3.63) is 140 Å². The Bertz CT molecular complexity index is 2320. The number of rotatable bonds is 5. The summed E-state index contributed by atoms with van der Waals surface area (Å²) in [6.45, 7) is 7.19. The Morgan fingerprint density at radius 2 is 1.27 bits per heavy atom. The van der Waals surface area contributed by atoms with Gasteiger partial charge in [0.2, 0.25) is 5.89 Å². The number of anilines is 3. The average Bonchev–Trinajstić information content (AvgIpc) is 3.50. The second-order valence-corrected chi connectivity index (χ2v) is 17.6. The second-order valence-electron chi connectivity index (χ2n) is 12.5.